The number of ketones is 1. The van der Waals surface area contributed by atoms with Crippen LogP contribution < -0.4 is 9.80 Å². The number of nitrogens with zero attached hydrogens (tertiary/aromatic N) is 3. The summed E-state index contributed by atoms with van der Waals surface area (Å²) in [5, 5.41) is 8.98. The van der Waals surface area contributed by atoms with E-state index in [1.807, 2.05) is 4.90 Å². The van der Waals surface area contributed by atoms with Crippen molar-refractivity contribution in [2.45, 2.75) is 37.8 Å². The Kier molecular flexibility index (Phi) is 5.90. The number of halogens is 3. The van der Waals surface area contributed by atoms with Crippen molar-refractivity contribution in [1.29, 1.82) is 5.26 Å². The first kappa shape index (κ1) is 21.2. The Morgan fingerprint density at radius 3 is 2.03 bits per heavy atom. The molecule has 2 fully saturated rings. The van der Waals surface area contributed by atoms with Crippen LogP contribution in [-0.2, 0) is 11.0 Å². The van der Waals surface area contributed by atoms with Gasteiger partial charge >= 0.3 is 6.18 Å². The number of carbonyl (C=O) groups is 1. The van der Waals surface area contributed by atoms with Gasteiger partial charge in [0, 0.05) is 50.4 Å². The fourth-order valence-corrected chi connectivity index (χ4v) is 4.50. The van der Waals surface area contributed by atoms with Crippen molar-refractivity contribution in [1.82, 2.24) is 0 Å². The van der Waals surface area contributed by atoms with E-state index in [2.05, 4.69) is 29.2 Å². The molecule has 2 saturated heterocycles. The molecule has 0 saturated carbocycles. The molecule has 4 nitrogen and oxygen atoms in total. The average Bonchev–Trinajstić information content (AvgIpc) is 2.79. The fraction of sp³-hybridized carbons (Fsp3) is 0.417. The highest BCUT2D eigenvalue weighted by molar-refractivity contribution is 5.81. The SMILES string of the molecule is N#Cc1ccc(N2CCC(c3ccc(N4CCC(=O)CC4)cc3)CC2)cc1C(F)(F)F. The molecule has 2 aliphatic rings. The lowest BCUT2D eigenvalue weighted by molar-refractivity contribution is -0.137. The third-order valence-corrected chi connectivity index (χ3v) is 6.34. The van der Waals surface area contributed by atoms with Gasteiger partial charge in [0.25, 0.3) is 0 Å². The van der Waals surface area contributed by atoms with Crippen LogP contribution in [0.1, 0.15) is 48.3 Å². The van der Waals surface area contributed by atoms with Crippen LogP contribution in [-0.4, -0.2) is 32.0 Å². The third-order valence-electron chi connectivity index (χ3n) is 6.34. The van der Waals surface area contributed by atoms with Gasteiger partial charge in [0.1, 0.15) is 5.78 Å². The summed E-state index contributed by atoms with van der Waals surface area (Å²) in [5.74, 6) is 0.693. The first-order valence-corrected chi connectivity index (χ1v) is 10.6. The van der Waals surface area contributed by atoms with Crippen molar-refractivity contribution in [3.05, 3.63) is 59.2 Å². The van der Waals surface area contributed by atoms with Crippen molar-refractivity contribution in [3.63, 3.8) is 0 Å². The Bertz CT molecular complexity index is 977. The van der Waals surface area contributed by atoms with E-state index < -0.39 is 11.7 Å². The van der Waals surface area contributed by atoms with Gasteiger partial charge in [0.05, 0.1) is 17.2 Å². The van der Waals surface area contributed by atoms with Gasteiger partial charge in [-0.1, -0.05) is 12.1 Å². The molecule has 0 amide bonds. The highest BCUT2D eigenvalue weighted by Crippen LogP contribution is 2.36. The van der Waals surface area contributed by atoms with E-state index in [0.29, 0.717) is 43.3 Å². The Morgan fingerprint density at radius 2 is 1.45 bits per heavy atom. The van der Waals surface area contributed by atoms with Crippen molar-refractivity contribution < 1.29 is 18.0 Å². The van der Waals surface area contributed by atoms with E-state index in [9.17, 15) is 18.0 Å². The molecule has 31 heavy (non-hydrogen) atoms. The van der Waals surface area contributed by atoms with Crippen LogP contribution in [0.3, 0.4) is 0 Å². The molecule has 0 atom stereocenters. The number of carbonyl (C=O) groups excluding carboxylic acids is 1. The molecule has 0 aliphatic carbocycles. The zero-order valence-electron chi connectivity index (χ0n) is 17.2. The first-order chi connectivity index (χ1) is 14.8. The van der Waals surface area contributed by atoms with Gasteiger partial charge in [-0.2, -0.15) is 18.4 Å². The lowest BCUT2D eigenvalue weighted by Crippen LogP contribution is -2.34. The Hall–Kier alpha value is -3.01. The first-order valence-electron chi connectivity index (χ1n) is 10.6. The Labute approximate surface area is 179 Å². The number of hydrogen-bond acceptors (Lipinski definition) is 4. The topological polar surface area (TPSA) is 47.3 Å². The van der Waals surface area contributed by atoms with E-state index in [1.54, 1.807) is 12.1 Å². The van der Waals surface area contributed by atoms with Crippen molar-refractivity contribution in [3.8, 4) is 6.07 Å². The van der Waals surface area contributed by atoms with Crippen LogP contribution in [0.15, 0.2) is 42.5 Å². The maximum absolute atomic E-state index is 13.3. The lowest BCUT2D eigenvalue weighted by atomic mass is 9.89. The standard InChI is InChI=1S/C24H24F3N3O/c25-24(26,27)23-15-21(6-3-19(23)16-28)30-11-7-18(8-12-30)17-1-4-20(5-2-17)29-13-9-22(31)10-14-29/h1-6,15,18H,7-14H2. The molecule has 0 unspecified atom stereocenters. The number of alkyl halides is 3. The molecule has 2 aromatic rings. The van der Waals surface area contributed by atoms with Gasteiger partial charge in [-0.3, -0.25) is 4.79 Å². The maximum Gasteiger partial charge on any atom is 0.417 e. The van der Waals surface area contributed by atoms with E-state index >= 15 is 0 Å². The van der Waals surface area contributed by atoms with Gasteiger partial charge in [0.15, 0.2) is 0 Å². The quantitative estimate of drug-likeness (QED) is 0.681. The van der Waals surface area contributed by atoms with Crippen LogP contribution in [0, 0.1) is 11.3 Å². The molecule has 0 spiro atoms. The predicted octanol–water partition coefficient (Wildman–Crippen LogP) is 5.13. The minimum atomic E-state index is -4.54. The monoisotopic (exact) mass is 427 g/mol. The molecule has 0 radical (unpaired) electrons. The highest BCUT2D eigenvalue weighted by atomic mass is 19.4. The van der Waals surface area contributed by atoms with Gasteiger partial charge in [0.2, 0.25) is 0 Å². The second-order valence-electron chi connectivity index (χ2n) is 8.22. The molecule has 2 aromatic carbocycles. The van der Waals surface area contributed by atoms with Crippen LogP contribution in [0.4, 0.5) is 24.5 Å². The summed E-state index contributed by atoms with van der Waals surface area (Å²) < 4.78 is 39.8. The van der Waals surface area contributed by atoms with E-state index in [4.69, 9.17) is 5.26 Å². The highest BCUT2D eigenvalue weighted by Gasteiger charge is 2.34. The van der Waals surface area contributed by atoms with E-state index in [0.717, 1.165) is 37.7 Å². The van der Waals surface area contributed by atoms with Crippen molar-refractivity contribution in [2.75, 3.05) is 36.0 Å². The Morgan fingerprint density at radius 1 is 0.871 bits per heavy atom. The number of rotatable bonds is 3. The molecule has 2 aliphatic heterocycles. The molecule has 0 aromatic heterocycles. The summed E-state index contributed by atoms with van der Waals surface area (Å²) in [7, 11) is 0. The van der Waals surface area contributed by atoms with Gasteiger partial charge in [-0.05, 0) is 54.7 Å². The zero-order chi connectivity index (χ0) is 22.0. The maximum atomic E-state index is 13.3. The van der Waals surface area contributed by atoms with Crippen LogP contribution in [0.2, 0.25) is 0 Å². The smallest absolute Gasteiger partial charge is 0.371 e. The van der Waals surface area contributed by atoms with Crippen molar-refractivity contribution in [2.24, 2.45) is 0 Å². The summed E-state index contributed by atoms with van der Waals surface area (Å²) in [4.78, 5) is 15.6. The van der Waals surface area contributed by atoms with E-state index in [-0.39, 0.29) is 5.56 Å². The van der Waals surface area contributed by atoms with Gasteiger partial charge in [-0.15, -0.1) is 0 Å². The summed E-state index contributed by atoms with van der Waals surface area (Å²) >= 11 is 0. The molecule has 0 bridgehead atoms. The van der Waals surface area contributed by atoms with E-state index in [1.165, 1.54) is 11.6 Å². The average molecular weight is 427 g/mol. The number of anilines is 2. The zero-order valence-corrected chi connectivity index (χ0v) is 17.2. The Balaban J connectivity index is 1.40. The molecule has 4 rings (SSSR count). The molecule has 162 valence electrons. The molecule has 7 heteroatoms. The summed E-state index contributed by atoms with van der Waals surface area (Å²) in [6.07, 6.45) is -1.61. The minimum Gasteiger partial charge on any atom is -0.371 e. The summed E-state index contributed by atoms with van der Waals surface area (Å²) in [5.41, 5.74) is 1.67. The number of hydrogen-bond donors (Lipinski definition) is 0. The largest absolute Gasteiger partial charge is 0.417 e. The van der Waals surface area contributed by atoms with Crippen molar-refractivity contribution >= 4 is 17.2 Å². The van der Waals surface area contributed by atoms with Crippen LogP contribution in [0.25, 0.3) is 0 Å². The number of benzene rings is 2. The second kappa shape index (κ2) is 8.62. The minimum absolute atomic E-state index is 0.323. The normalized spacial score (nSPS) is 18.2. The molecular formula is C24H24F3N3O. The predicted molar refractivity (Wildman–Crippen MR) is 113 cm³/mol. The molecular weight excluding hydrogens is 403 g/mol. The fourth-order valence-electron chi connectivity index (χ4n) is 4.50. The van der Waals surface area contributed by atoms with Gasteiger partial charge in [-0.25, -0.2) is 0 Å². The summed E-state index contributed by atoms with van der Waals surface area (Å²) in [6.45, 7) is 2.87. The number of nitriles is 1. The second-order valence-corrected chi connectivity index (χ2v) is 8.22. The molecule has 2 heterocycles. The third kappa shape index (κ3) is 4.68. The van der Waals surface area contributed by atoms with Crippen LogP contribution >= 0.6 is 0 Å². The number of Topliss-reactive ketones (excluding diaryl/α,β-unsaturated/α-hetero) is 1. The number of piperidine rings is 2. The molecule has 0 N–H and O–H groups in total. The van der Waals surface area contributed by atoms with Crippen LogP contribution in [0.5, 0.6) is 0 Å². The van der Waals surface area contributed by atoms with Gasteiger partial charge < -0.3 is 9.80 Å². The summed E-state index contributed by atoms with van der Waals surface area (Å²) in [6, 6.07) is 14.1. The lowest BCUT2D eigenvalue weighted by Gasteiger charge is -2.34.